The van der Waals surface area contributed by atoms with Crippen molar-refractivity contribution >= 4 is 17.7 Å². The summed E-state index contributed by atoms with van der Waals surface area (Å²) in [6, 6.07) is -1.37. The van der Waals surface area contributed by atoms with Gasteiger partial charge in [0.15, 0.2) is 11.8 Å². The first kappa shape index (κ1) is 12.6. The molecule has 0 aliphatic carbocycles. The summed E-state index contributed by atoms with van der Waals surface area (Å²) in [6.07, 6.45) is 2.46. The number of ether oxygens (including phenoxy) is 1. The van der Waals surface area contributed by atoms with Gasteiger partial charge >= 0.3 is 5.97 Å². The lowest BCUT2D eigenvalue weighted by Gasteiger charge is -2.17. The molecule has 1 atom stereocenters. The quantitative estimate of drug-likeness (QED) is 0.475. The fourth-order valence-corrected chi connectivity index (χ4v) is 1.42. The molecule has 2 N–H and O–H groups in total. The zero-order valence-corrected chi connectivity index (χ0v) is 8.90. The largest absolute Gasteiger partial charge is 0.464 e. The maximum Gasteiger partial charge on any atom is 0.336 e. The van der Waals surface area contributed by atoms with Crippen molar-refractivity contribution < 1.29 is 24.2 Å². The van der Waals surface area contributed by atoms with E-state index in [1.807, 2.05) is 0 Å². The van der Waals surface area contributed by atoms with Crippen LogP contribution in [-0.2, 0) is 19.1 Å². The van der Waals surface area contributed by atoms with Gasteiger partial charge in [-0.1, -0.05) is 0 Å². The molecule has 1 heterocycles. The van der Waals surface area contributed by atoms with E-state index in [4.69, 9.17) is 9.84 Å². The highest BCUT2D eigenvalue weighted by Gasteiger charge is 2.29. The number of esters is 1. The van der Waals surface area contributed by atoms with Gasteiger partial charge in [0.1, 0.15) is 6.61 Å². The molecule has 1 aliphatic rings. The Hall–Kier alpha value is -1.43. The molecule has 1 amide bonds. The zero-order chi connectivity index (χ0) is 12.0. The van der Waals surface area contributed by atoms with E-state index in [-0.39, 0.29) is 18.9 Å². The maximum atomic E-state index is 11.4. The highest BCUT2D eigenvalue weighted by molar-refractivity contribution is 6.06. The number of amides is 1. The van der Waals surface area contributed by atoms with E-state index in [9.17, 15) is 14.4 Å². The molecule has 0 radical (unpaired) electrons. The van der Waals surface area contributed by atoms with Crippen molar-refractivity contribution in [2.45, 2.75) is 31.7 Å². The van der Waals surface area contributed by atoms with E-state index in [0.29, 0.717) is 12.8 Å². The van der Waals surface area contributed by atoms with Crippen molar-refractivity contribution in [3.05, 3.63) is 0 Å². The Bertz CT molecular complexity index is 289. The molecule has 0 spiro atoms. The molecule has 1 rings (SSSR count). The molecule has 90 valence electrons. The standard InChI is InChI=1S/C10H15NO5/c12-6-7(13)9-10(15)16-5-3-1-2-4-8(14)11-9/h9,12H,1-6H2,(H,11,14)/t9-/m0/s1. The molecule has 16 heavy (non-hydrogen) atoms. The fraction of sp³-hybridized carbons (Fsp3) is 0.700. The number of carbonyl (C=O) groups excluding carboxylic acids is 3. The average Bonchev–Trinajstić information content (AvgIpc) is 2.28. The van der Waals surface area contributed by atoms with Crippen molar-refractivity contribution in [3.63, 3.8) is 0 Å². The molecule has 0 unspecified atom stereocenters. The average molecular weight is 229 g/mol. The zero-order valence-electron chi connectivity index (χ0n) is 8.90. The minimum Gasteiger partial charge on any atom is -0.464 e. The van der Waals surface area contributed by atoms with Gasteiger partial charge in [-0.2, -0.15) is 0 Å². The Morgan fingerprint density at radius 2 is 2.12 bits per heavy atom. The van der Waals surface area contributed by atoms with Crippen LogP contribution in [0.2, 0.25) is 0 Å². The predicted molar refractivity (Wildman–Crippen MR) is 53.5 cm³/mol. The first-order chi connectivity index (χ1) is 7.65. The summed E-state index contributed by atoms with van der Waals surface area (Å²) in [5, 5.41) is 10.9. The molecular weight excluding hydrogens is 214 g/mol. The number of ketones is 1. The minimum atomic E-state index is -1.37. The number of aliphatic hydroxyl groups is 1. The number of Topliss-reactive ketones (excluding diaryl/α,β-unsaturated/α-hetero) is 1. The monoisotopic (exact) mass is 229 g/mol. The molecule has 6 heteroatoms. The molecule has 0 bridgehead atoms. The molecule has 0 saturated carbocycles. The van der Waals surface area contributed by atoms with Gasteiger partial charge in [0.25, 0.3) is 0 Å². The molecule has 1 saturated heterocycles. The third-order valence-corrected chi connectivity index (χ3v) is 2.31. The van der Waals surface area contributed by atoms with E-state index in [1.165, 1.54) is 0 Å². The summed E-state index contributed by atoms with van der Waals surface area (Å²) in [5.41, 5.74) is 0. The normalized spacial score (nSPS) is 23.2. The van der Waals surface area contributed by atoms with Crippen LogP contribution in [0.1, 0.15) is 25.7 Å². The number of carbonyl (C=O) groups is 3. The summed E-state index contributed by atoms with van der Waals surface area (Å²) < 4.78 is 4.82. The molecule has 1 aliphatic heterocycles. The van der Waals surface area contributed by atoms with E-state index in [1.54, 1.807) is 0 Å². The summed E-state index contributed by atoms with van der Waals surface area (Å²) in [5.74, 6) is -1.92. The Labute approximate surface area is 93.0 Å². The van der Waals surface area contributed by atoms with Crippen LogP contribution in [0.4, 0.5) is 0 Å². The van der Waals surface area contributed by atoms with Crippen LogP contribution >= 0.6 is 0 Å². The highest BCUT2D eigenvalue weighted by Crippen LogP contribution is 2.04. The summed E-state index contributed by atoms with van der Waals surface area (Å²) >= 11 is 0. The van der Waals surface area contributed by atoms with Crippen LogP contribution in [0, 0.1) is 0 Å². The number of rotatable bonds is 2. The third-order valence-electron chi connectivity index (χ3n) is 2.31. The lowest BCUT2D eigenvalue weighted by molar-refractivity contribution is -0.152. The van der Waals surface area contributed by atoms with Crippen molar-refractivity contribution in [1.82, 2.24) is 5.32 Å². The van der Waals surface area contributed by atoms with Crippen LogP contribution in [0.3, 0.4) is 0 Å². The molecule has 0 aromatic heterocycles. The maximum absolute atomic E-state index is 11.4. The topological polar surface area (TPSA) is 92.7 Å². The summed E-state index contributed by atoms with van der Waals surface area (Å²) in [4.78, 5) is 34.0. The lowest BCUT2D eigenvalue weighted by atomic mass is 10.1. The van der Waals surface area contributed by atoms with Crippen molar-refractivity contribution in [3.8, 4) is 0 Å². The molecule has 1 fully saturated rings. The molecule has 0 aromatic carbocycles. The van der Waals surface area contributed by atoms with Gasteiger partial charge in [0, 0.05) is 6.42 Å². The van der Waals surface area contributed by atoms with E-state index >= 15 is 0 Å². The van der Waals surface area contributed by atoms with Crippen molar-refractivity contribution in [2.75, 3.05) is 13.2 Å². The summed E-state index contributed by atoms with van der Waals surface area (Å²) in [6.45, 7) is -0.552. The Morgan fingerprint density at radius 3 is 2.81 bits per heavy atom. The van der Waals surface area contributed by atoms with Crippen LogP contribution in [-0.4, -0.2) is 42.0 Å². The van der Waals surface area contributed by atoms with Gasteiger partial charge in [-0.05, 0) is 19.3 Å². The van der Waals surface area contributed by atoms with Crippen LogP contribution in [0.25, 0.3) is 0 Å². The van der Waals surface area contributed by atoms with Gasteiger partial charge in [0.2, 0.25) is 5.91 Å². The SMILES string of the molecule is O=C1CCCCCOC(=O)[C@H](C(=O)CO)N1. The fourth-order valence-electron chi connectivity index (χ4n) is 1.42. The van der Waals surface area contributed by atoms with E-state index in [0.717, 1.165) is 6.42 Å². The second-order valence-corrected chi connectivity index (χ2v) is 3.60. The minimum absolute atomic E-state index is 0.240. The second kappa shape index (κ2) is 6.22. The van der Waals surface area contributed by atoms with Crippen molar-refractivity contribution in [2.24, 2.45) is 0 Å². The predicted octanol–water partition coefficient (Wildman–Crippen LogP) is -0.850. The number of nitrogens with one attached hydrogen (secondary N) is 1. The number of cyclic esters (lactones) is 1. The van der Waals surface area contributed by atoms with Gasteiger partial charge in [0.05, 0.1) is 6.61 Å². The van der Waals surface area contributed by atoms with Crippen LogP contribution < -0.4 is 5.32 Å². The Morgan fingerprint density at radius 1 is 1.38 bits per heavy atom. The van der Waals surface area contributed by atoms with E-state index < -0.39 is 24.4 Å². The Kier molecular flexibility index (Phi) is 4.91. The lowest BCUT2D eigenvalue weighted by Crippen LogP contribution is -2.48. The third kappa shape index (κ3) is 3.62. The Balaban J connectivity index is 2.69. The van der Waals surface area contributed by atoms with E-state index in [2.05, 4.69) is 5.32 Å². The summed E-state index contributed by atoms with van der Waals surface area (Å²) in [7, 11) is 0. The van der Waals surface area contributed by atoms with Crippen LogP contribution in [0.5, 0.6) is 0 Å². The molecule has 6 nitrogen and oxygen atoms in total. The van der Waals surface area contributed by atoms with Gasteiger partial charge < -0.3 is 15.2 Å². The van der Waals surface area contributed by atoms with Crippen molar-refractivity contribution in [1.29, 1.82) is 0 Å². The second-order valence-electron chi connectivity index (χ2n) is 3.60. The van der Waals surface area contributed by atoms with Gasteiger partial charge in [-0.25, -0.2) is 4.79 Å². The number of hydrogen-bond acceptors (Lipinski definition) is 5. The number of aliphatic hydroxyl groups excluding tert-OH is 1. The number of hydrogen-bond donors (Lipinski definition) is 2. The van der Waals surface area contributed by atoms with Crippen LogP contribution in [0.15, 0.2) is 0 Å². The smallest absolute Gasteiger partial charge is 0.336 e. The van der Waals surface area contributed by atoms with Gasteiger partial charge in [-0.15, -0.1) is 0 Å². The van der Waals surface area contributed by atoms with Gasteiger partial charge in [-0.3, -0.25) is 9.59 Å². The molecule has 0 aromatic rings. The molecular formula is C10H15NO5. The highest BCUT2D eigenvalue weighted by atomic mass is 16.5. The first-order valence-electron chi connectivity index (χ1n) is 5.24. The first-order valence-corrected chi connectivity index (χ1v) is 5.24.